The second-order valence-corrected chi connectivity index (χ2v) is 6.55. The van der Waals surface area contributed by atoms with Gasteiger partial charge in [0.25, 0.3) is 0 Å². The molecule has 0 aliphatic carbocycles. The summed E-state index contributed by atoms with van der Waals surface area (Å²) >= 11 is 6.04. The standard InChI is InChI=1S/C17H24ClN3O2.ClH/c18-14-3-1-4-15(11-14)20-6-8-21(9-7-20)17(22)13-19-12-16-5-2-10-23-16;/h1,3-4,11,16,19H,2,5-10,12-13H2;1H. The second-order valence-electron chi connectivity index (χ2n) is 6.11. The Morgan fingerprint density at radius 1 is 1.29 bits per heavy atom. The van der Waals surface area contributed by atoms with Crippen LogP contribution in [0.1, 0.15) is 12.8 Å². The summed E-state index contributed by atoms with van der Waals surface area (Å²) in [5.41, 5.74) is 1.13. The van der Waals surface area contributed by atoms with Crippen LogP contribution in [0.2, 0.25) is 5.02 Å². The maximum absolute atomic E-state index is 12.3. The molecule has 0 radical (unpaired) electrons. The molecule has 3 rings (SSSR count). The summed E-state index contributed by atoms with van der Waals surface area (Å²) in [6, 6.07) is 7.88. The normalized spacial score (nSPS) is 20.8. The van der Waals surface area contributed by atoms with Gasteiger partial charge in [-0.25, -0.2) is 0 Å². The van der Waals surface area contributed by atoms with Gasteiger partial charge in [-0.3, -0.25) is 4.79 Å². The van der Waals surface area contributed by atoms with E-state index in [1.807, 2.05) is 23.1 Å². The quantitative estimate of drug-likeness (QED) is 0.858. The van der Waals surface area contributed by atoms with Gasteiger partial charge in [0, 0.05) is 50.0 Å². The molecule has 0 aromatic heterocycles. The number of halogens is 2. The maximum atomic E-state index is 12.3. The molecule has 2 aliphatic rings. The van der Waals surface area contributed by atoms with Crippen LogP contribution in [-0.4, -0.2) is 62.8 Å². The molecule has 1 aromatic carbocycles. The number of amides is 1. The highest BCUT2D eigenvalue weighted by Crippen LogP contribution is 2.20. The van der Waals surface area contributed by atoms with Crippen LogP contribution < -0.4 is 10.2 Å². The van der Waals surface area contributed by atoms with Crippen molar-refractivity contribution < 1.29 is 9.53 Å². The van der Waals surface area contributed by atoms with Crippen LogP contribution in [0.4, 0.5) is 5.69 Å². The molecule has 2 saturated heterocycles. The van der Waals surface area contributed by atoms with Crippen molar-refractivity contribution in [2.75, 3.05) is 50.8 Å². The lowest BCUT2D eigenvalue weighted by Gasteiger charge is -2.36. The molecule has 0 saturated carbocycles. The topological polar surface area (TPSA) is 44.8 Å². The summed E-state index contributed by atoms with van der Waals surface area (Å²) in [6.45, 7) is 5.23. The van der Waals surface area contributed by atoms with Crippen molar-refractivity contribution in [3.8, 4) is 0 Å². The minimum Gasteiger partial charge on any atom is -0.377 e. The van der Waals surface area contributed by atoms with E-state index in [0.717, 1.165) is 62.9 Å². The SMILES string of the molecule is Cl.O=C(CNCC1CCCO1)N1CCN(c2cccc(Cl)c2)CC1. The molecule has 24 heavy (non-hydrogen) atoms. The Bertz CT molecular complexity index is 530. The first kappa shape index (κ1) is 19.3. The van der Waals surface area contributed by atoms with E-state index in [0.29, 0.717) is 6.54 Å². The third-order valence-corrected chi connectivity index (χ3v) is 4.71. The molecule has 1 atom stereocenters. The van der Waals surface area contributed by atoms with Crippen LogP contribution in [0.15, 0.2) is 24.3 Å². The average Bonchev–Trinajstić information content (AvgIpc) is 3.08. The summed E-state index contributed by atoms with van der Waals surface area (Å²) in [5.74, 6) is 0.175. The summed E-state index contributed by atoms with van der Waals surface area (Å²) in [7, 11) is 0. The molecule has 2 heterocycles. The molecular weight excluding hydrogens is 349 g/mol. The van der Waals surface area contributed by atoms with Crippen molar-refractivity contribution >= 4 is 35.6 Å². The van der Waals surface area contributed by atoms with Gasteiger partial charge >= 0.3 is 0 Å². The number of ether oxygens (including phenoxy) is 1. The number of benzene rings is 1. The van der Waals surface area contributed by atoms with Crippen molar-refractivity contribution in [2.45, 2.75) is 18.9 Å². The molecule has 1 N–H and O–H groups in total. The lowest BCUT2D eigenvalue weighted by atomic mass is 10.2. The van der Waals surface area contributed by atoms with E-state index >= 15 is 0 Å². The number of anilines is 1. The van der Waals surface area contributed by atoms with Crippen LogP contribution in [0.5, 0.6) is 0 Å². The number of rotatable bonds is 5. The molecule has 0 spiro atoms. The summed E-state index contributed by atoms with van der Waals surface area (Å²) < 4.78 is 5.55. The van der Waals surface area contributed by atoms with Crippen LogP contribution in [0.3, 0.4) is 0 Å². The van der Waals surface area contributed by atoms with Gasteiger partial charge in [0.05, 0.1) is 12.6 Å². The van der Waals surface area contributed by atoms with Crippen LogP contribution in [0, 0.1) is 0 Å². The highest BCUT2D eigenvalue weighted by atomic mass is 35.5. The Balaban J connectivity index is 0.00000208. The van der Waals surface area contributed by atoms with Gasteiger partial charge in [-0.2, -0.15) is 0 Å². The minimum absolute atomic E-state index is 0. The Labute approximate surface area is 154 Å². The Morgan fingerprint density at radius 2 is 2.08 bits per heavy atom. The van der Waals surface area contributed by atoms with Gasteiger partial charge in [-0.1, -0.05) is 17.7 Å². The van der Waals surface area contributed by atoms with E-state index in [-0.39, 0.29) is 24.4 Å². The third kappa shape index (κ3) is 5.24. The molecule has 1 aromatic rings. The fourth-order valence-corrected chi connectivity index (χ4v) is 3.33. The summed E-state index contributed by atoms with van der Waals surface area (Å²) in [6.07, 6.45) is 2.51. The second kappa shape index (κ2) is 9.47. The number of carbonyl (C=O) groups is 1. The minimum atomic E-state index is 0. The third-order valence-electron chi connectivity index (χ3n) is 4.48. The van der Waals surface area contributed by atoms with Gasteiger partial charge in [-0.15, -0.1) is 12.4 Å². The van der Waals surface area contributed by atoms with Crippen molar-refractivity contribution in [1.82, 2.24) is 10.2 Å². The first-order chi connectivity index (χ1) is 11.2. The molecule has 2 aliphatic heterocycles. The number of nitrogens with zero attached hydrogens (tertiary/aromatic N) is 2. The lowest BCUT2D eigenvalue weighted by Crippen LogP contribution is -2.51. The lowest BCUT2D eigenvalue weighted by molar-refractivity contribution is -0.130. The number of carbonyl (C=O) groups excluding carboxylic acids is 1. The van der Waals surface area contributed by atoms with Crippen LogP contribution >= 0.6 is 24.0 Å². The zero-order valence-electron chi connectivity index (χ0n) is 13.7. The van der Waals surface area contributed by atoms with Crippen molar-refractivity contribution in [2.24, 2.45) is 0 Å². The molecule has 7 heteroatoms. The number of piperazine rings is 1. The predicted octanol–water partition coefficient (Wildman–Crippen LogP) is 2.18. The van der Waals surface area contributed by atoms with Gasteiger partial charge in [0.15, 0.2) is 0 Å². The first-order valence-corrected chi connectivity index (χ1v) is 8.71. The van der Waals surface area contributed by atoms with E-state index < -0.39 is 0 Å². The molecule has 5 nitrogen and oxygen atoms in total. The first-order valence-electron chi connectivity index (χ1n) is 8.33. The smallest absolute Gasteiger partial charge is 0.236 e. The highest BCUT2D eigenvalue weighted by Gasteiger charge is 2.22. The fourth-order valence-electron chi connectivity index (χ4n) is 3.14. The Hall–Kier alpha value is -1.01. The Morgan fingerprint density at radius 3 is 2.75 bits per heavy atom. The predicted molar refractivity (Wildman–Crippen MR) is 99.3 cm³/mol. The van der Waals surface area contributed by atoms with Crippen molar-refractivity contribution in [3.05, 3.63) is 29.3 Å². The molecule has 0 bridgehead atoms. The molecule has 1 unspecified atom stereocenters. The van der Waals surface area contributed by atoms with Gasteiger partial charge in [0.1, 0.15) is 0 Å². The summed E-state index contributed by atoms with van der Waals surface area (Å²) in [4.78, 5) is 16.5. The maximum Gasteiger partial charge on any atom is 0.236 e. The number of nitrogens with one attached hydrogen (secondary N) is 1. The zero-order valence-corrected chi connectivity index (χ0v) is 15.3. The zero-order chi connectivity index (χ0) is 16.1. The fraction of sp³-hybridized carbons (Fsp3) is 0.588. The van der Waals surface area contributed by atoms with E-state index in [1.165, 1.54) is 0 Å². The van der Waals surface area contributed by atoms with E-state index in [4.69, 9.17) is 16.3 Å². The van der Waals surface area contributed by atoms with Crippen LogP contribution in [-0.2, 0) is 9.53 Å². The van der Waals surface area contributed by atoms with Gasteiger partial charge < -0.3 is 19.9 Å². The van der Waals surface area contributed by atoms with E-state index in [9.17, 15) is 4.79 Å². The Kier molecular flexibility index (Phi) is 7.62. The van der Waals surface area contributed by atoms with E-state index in [1.54, 1.807) is 0 Å². The average molecular weight is 374 g/mol. The van der Waals surface area contributed by atoms with Crippen LogP contribution in [0.25, 0.3) is 0 Å². The molecule has 2 fully saturated rings. The van der Waals surface area contributed by atoms with Crippen molar-refractivity contribution in [1.29, 1.82) is 0 Å². The number of hydrogen-bond acceptors (Lipinski definition) is 4. The summed E-state index contributed by atoms with van der Waals surface area (Å²) in [5, 5.41) is 3.98. The molecular formula is C17H25Cl2N3O2. The van der Waals surface area contributed by atoms with Gasteiger partial charge in [-0.05, 0) is 31.0 Å². The highest BCUT2D eigenvalue weighted by molar-refractivity contribution is 6.30. The molecule has 1 amide bonds. The largest absolute Gasteiger partial charge is 0.377 e. The van der Waals surface area contributed by atoms with Crippen molar-refractivity contribution in [3.63, 3.8) is 0 Å². The number of hydrogen-bond donors (Lipinski definition) is 1. The monoisotopic (exact) mass is 373 g/mol. The van der Waals surface area contributed by atoms with E-state index in [2.05, 4.69) is 16.3 Å². The molecule has 134 valence electrons. The van der Waals surface area contributed by atoms with Gasteiger partial charge in [0.2, 0.25) is 5.91 Å².